The molecule has 0 atom stereocenters. The van der Waals surface area contributed by atoms with Gasteiger partial charge in [-0.25, -0.2) is 4.98 Å². The number of aromatic nitrogens is 3. The van der Waals surface area contributed by atoms with Gasteiger partial charge in [0.15, 0.2) is 11.0 Å². The predicted octanol–water partition coefficient (Wildman–Crippen LogP) is 4.52. The fourth-order valence-electron chi connectivity index (χ4n) is 2.70. The van der Waals surface area contributed by atoms with Crippen LogP contribution in [0.4, 0.5) is 11.4 Å². The molecule has 3 heterocycles. The van der Waals surface area contributed by atoms with Gasteiger partial charge in [0.25, 0.3) is 0 Å². The number of nitrogens with zero attached hydrogens (tertiary/aromatic N) is 6. The number of thiocarbonyl (C=S) groups is 2. The summed E-state index contributed by atoms with van der Waals surface area (Å²) in [5.74, 6) is 1.66. The lowest BCUT2D eigenvalue weighted by molar-refractivity contribution is 1.11. The number of hydrogen-bond donors (Lipinski definition) is 0. The molecule has 0 aliphatic carbocycles. The van der Waals surface area contributed by atoms with Gasteiger partial charge in [0.05, 0.1) is 27.9 Å². The van der Waals surface area contributed by atoms with E-state index in [2.05, 4.69) is 30.3 Å². The highest BCUT2D eigenvalue weighted by Gasteiger charge is 2.21. The normalized spacial score (nSPS) is 13.2. The molecule has 0 fully saturated rings. The second-order valence-corrected chi connectivity index (χ2v) is 6.66. The van der Waals surface area contributed by atoms with E-state index in [4.69, 9.17) is 29.4 Å². The summed E-state index contributed by atoms with van der Waals surface area (Å²) in [7, 11) is 0. The molecule has 2 aromatic heterocycles. The van der Waals surface area contributed by atoms with Crippen LogP contribution in [0.25, 0.3) is 22.6 Å². The van der Waals surface area contributed by atoms with Gasteiger partial charge in [0.2, 0.25) is 0 Å². The molecule has 0 unspecified atom stereocenters. The number of pyridine rings is 1. The number of hydrogen-bond acceptors (Lipinski definition) is 8. The SMILES string of the molecule is S=C=Nc1cc2nc(-c3ccccn3)n(C3=NCCS3)c2cc1N=C=S. The minimum absolute atomic E-state index is 0.545. The zero-order valence-electron chi connectivity index (χ0n) is 13.3. The number of rotatable bonds is 3. The molecule has 3 aromatic rings. The molecule has 0 bridgehead atoms. The van der Waals surface area contributed by atoms with Crippen molar-refractivity contribution in [3.63, 3.8) is 0 Å². The number of imidazole rings is 1. The summed E-state index contributed by atoms with van der Waals surface area (Å²) in [5, 5.41) is 5.64. The van der Waals surface area contributed by atoms with Crippen molar-refractivity contribution < 1.29 is 0 Å². The van der Waals surface area contributed by atoms with Crippen molar-refractivity contribution in [1.82, 2.24) is 14.5 Å². The van der Waals surface area contributed by atoms with E-state index in [0.717, 1.165) is 40.0 Å². The molecule has 126 valence electrons. The van der Waals surface area contributed by atoms with Crippen molar-refractivity contribution >= 4 is 74.1 Å². The van der Waals surface area contributed by atoms with Crippen LogP contribution in [0.2, 0.25) is 0 Å². The second-order valence-electron chi connectivity index (χ2n) is 5.23. The quantitative estimate of drug-likeness (QED) is 0.483. The van der Waals surface area contributed by atoms with E-state index < -0.39 is 0 Å². The lowest BCUT2D eigenvalue weighted by atomic mass is 10.2. The third-order valence-corrected chi connectivity index (χ3v) is 4.88. The number of isothiocyanates is 2. The fraction of sp³-hybridized carbons (Fsp3) is 0.118. The molecular weight excluding hydrogens is 384 g/mol. The minimum atomic E-state index is 0.545. The van der Waals surface area contributed by atoms with Crippen molar-refractivity contribution in [2.75, 3.05) is 12.3 Å². The molecule has 1 aliphatic heterocycles. The zero-order valence-corrected chi connectivity index (χ0v) is 15.7. The summed E-state index contributed by atoms with van der Waals surface area (Å²) in [6, 6.07) is 9.39. The molecule has 0 saturated carbocycles. The summed E-state index contributed by atoms with van der Waals surface area (Å²) in [4.78, 5) is 22.0. The summed E-state index contributed by atoms with van der Waals surface area (Å²) < 4.78 is 2.00. The Hall–Kier alpha value is -2.54. The highest BCUT2D eigenvalue weighted by atomic mass is 32.2. The first-order chi connectivity index (χ1) is 12.8. The number of aliphatic imine (C=N–C) groups is 3. The first-order valence-corrected chi connectivity index (χ1v) is 9.43. The lowest BCUT2D eigenvalue weighted by Crippen LogP contribution is -2.08. The van der Waals surface area contributed by atoms with Gasteiger partial charge >= 0.3 is 0 Å². The monoisotopic (exact) mass is 394 g/mol. The fourth-order valence-corrected chi connectivity index (χ4v) is 3.76. The third-order valence-electron chi connectivity index (χ3n) is 3.74. The predicted molar refractivity (Wildman–Crippen MR) is 112 cm³/mol. The smallest absolute Gasteiger partial charge is 0.169 e. The minimum Gasteiger partial charge on any atom is -0.270 e. The number of thioether (sulfide) groups is 1. The first kappa shape index (κ1) is 16.9. The Morgan fingerprint density at radius 3 is 2.58 bits per heavy atom. The topological polar surface area (TPSA) is 67.8 Å². The Balaban J connectivity index is 2.06. The Morgan fingerprint density at radius 1 is 1.12 bits per heavy atom. The van der Waals surface area contributed by atoms with Crippen molar-refractivity contribution in [2.45, 2.75) is 0 Å². The highest BCUT2D eigenvalue weighted by molar-refractivity contribution is 8.14. The van der Waals surface area contributed by atoms with Gasteiger partial charge < -0.3 is 0 Å². The molecule has 4 rings (SSSR count). The third kappa shape index (κ3) is 3.03. The van der Waals surface area contributed by atoms with Gasteiger partial charge in [-0.1, -0.05) is 17.8 Å². The molecule has 1 aliphatic rings. The highest BCUT2D eigenvalue weighted by Crippen LogP contribution is 2.35. The van der Waals surface area contributed by atoms with Gasteiger partial charge in [0.1, 0.15) is 17.1 Å². The Labute approximate surface area is 163 Å². The largest absolute Gasteiger partial charge is 0.270 e. The van der Waals surface area contributed by atoms with Crippen LogP contribution >= 0.6 is 36.2 Å². The molecule has 0 saturated heterocycles. The molecule has 6 nitrogen and oxygen atoms in total. The van der Waals surface area contributed by atoms with Gasteiger partial charge in [-0.2, -0.15) is 9.98 Å². The maximum atomic E-state index is 4.77. The van der Waals surface area contributed by atoms with Crippen molar-refractivity contribution in [3.8, 4) is 11.5 Å². The van der Waals surface area contributed by atoms with Crippen LogP contribution in [-0.2, 0) is 0 Å². The van der Waals surface area contributed by atoms with E-state index >= 15 is 0 Å². The van der Waals surface area contributed by atoms with Crippen molar-refractivity contribution in [3.05, 3.63) is 36.5 Å². The summed E-state index contributed by atoms with van der Waals surface area (Å²) in [6.07, 6.45) is 1.74. The van der Waals surface area contributed by atoms with Crippen LogP contribution in [0.1, 0.15) is 0 Å². The number of fused-ring (bicyclic) bond motifs is 1. The Bertz CT molecular complexity index is 1120. The van der Waals surface area contributed by atoms with Crippen molar-refractivity contribution in [1.29, 1.82) is 0 Å². The standard InChI is InChI=1S/C17H10N6S3/c24-9-20-12-7-14-15(8-13(12)21-10-25)23(17-19-5-6-26-17)16(22-14)11-3-1-2-4-18-11/h1-4,7-8H,5-6H2. The lowest BCUT2D eigenvalue weighted by Gasteiger charge is -2.08. The Kier molecular flexibility index (Phi) is 4.79. The van der Waals surface area contributed by atoms with Crippen LogP contribution in [0, 0.1) is 0 Å². The molecule has 0 radical (unpaired) electrons. The van der Waals surface area contributed by atoms with E-state index in [-0.39, 0.29) is 0 Å². The molecule has 0 N–H and O–H groups in total. The average molecular weight is 395 g/mol. The molecule has 1 aromatic carbocycles. The van der Waals surface area contributed by atoms with Crippen LogP contribution in [-0.4, -0.2) is 42.3 Å². The van der Waals surface area contributed by atoms with E-state index in [1.807, 2.05) is 34.9 Å². The Morgan fingerprint density at radius 2 is 1.92 bits per heavy atom. The zero-order chi connectivity index (χ0) is 17.9. The molecule has 9 heteroatoms. The maximum absolute atomic E-state index is 4.77. The van der Waals surface area contributed by atoms with E-state index in [9.17, 15) is 0 Å². The van der Waals surface area contributed by atoms with Gasteiger partial charge in [-0.3, -0.25) is 14.5 Å². The van der Waals surface area contributed by atoms with E-state index in [0.29, 0.717) is 11.4 Å². The maximum Gasteiger partial charge on any atom is 0.169 e. The van der Waals surface area contributed by atoms with E-state index in [1.165, 1.54) is 0 Å². The van der Waals surface area contributed by atoms with Crippen molar-refractivity contribution in [2.24, 2.45) is 15.0 Å². The molecule has 0 amide bonds. The van der Waals surface area contributed by atoms with Gasteiger partial charge in [-0.15, -0.1) is 0 Å². The molecular formula is C17H10N6S3. The second kappa shape index (κ2) is 7.37. The number of benzene rings is 1. The summed E-state index contributed by atoms with van der Waals surface area (Å²) >= 11 is 11.2. The van der Waals surface area contributed by atoms with Crippen LogP contribution < -0.4 is 0 Å². The average Bonchev–Trinajstić information content (AvgIpc) is 3.30. The van der Waals surface area contributed by atoms with Gasteiger partial charge in [-0.05, 0) is 48.7 Å². The van der Waals surface area contributed by atoms with Crippen LogP contribution in [0.5, 0.6) is 0 Å². The van der Waals surface area contributed by atoms with Crippen LogP contribution in [0.15, 0.2) is 51.5 Å². The molecule has 26 heavy (non-hydrogen) atoms. The molecule has 0 spiro atoms. The first-order valence-electron chi connectivity index (χ1n) is 7.63. The van der Waals surface area contributed by atoms with Gasteiger partial charge in [0, 0.05) is 11.9 Å². The van der Waals surface area contributed by atoms with Crippen LogP contribution in [0.3, 0.4) is 0 Å². The van der Waals surface area contributed by atoms with E-state index in [1.54, 1.807) is 18.0 Å². The summed E-state index contributed by atoms with van der Waals surface area (Å²) in [5.41, 5.74) is 3.46. The summed E-state index contributed by atoms with van der Waals surface area (Å²) in [6.45, 7) is 0.777.